The van der Waals surface area contributed by atoms with Crippen LogP contribution in [0.5, 0.6) is 11.5 Å². The Morgan fingerprint density at radius 3 is 2.90 bits per heavy atom. The lowest BCUT2D eigenvalue weighted by atomic mass is 9.96. The summed E-state index contributed by atoms with van der Waals surface area (Å²) in [7, 11) is 0. The Balaban J connectivity index is 1.61. The molecule has 3 heterocycles. The van der Waals surface area contributed by atoms with Crippen molar-refractivity contribution in [3.8, 4) is 11.5 Å². The van der Waals surface area contributed by atoms with Crippen LogP contribution in [-0.2, 0) is 16.1 Å². The van der Waals surface area contributed by atoms with Gasteiger partial charge in [-0.25, -0.2) is 0 Å². The molecule has 2 aromatic rings. The summed E-state index contributed by atoms with van der Waals surface area (Å²) in [6.45, 7) is 5.69. The van der Waals surface area contributed by atoms with E-state index >= 15 is 0 Å². The van der Waals surface area contributed by atoms with Crippen LogP contribution in [0.1, 0.15) is 46.8 Å². The quantitative estimate of drug-likeness (QED) is 0.583. The van der Waals surface area contributed by atoms with Gasteiger partial charge in [-0.3, -0.25) is 19.5 Å². The van der Waals surface area contributed by atoms with Crippen LogP contribution in [0.15, 0.2) is 36.4 Å². The largest absolute Gasteiger partial charge is 0.507 e. The first kappa shape index (κ1) is 21.1. The Hall–Kier alpha value is -3.19. The van der Waals surface area contributed by atoms with Gasteiger partial charge in [0.25, 0.3) is 0 Å². The highest BCUT2D eigenvalue weighted by atomic mass is 16.5. The number of esters is 1. The van der Waals surface area contributed by atoms with Crippen molar-refractivity contribution in [1.29, 1.82) is 0 Å². The van der Waals surface area contributed by atoms with Crippen molar-refractivity contribution in [2.75, 3.05) is 19.7 Å². The molecule has 0 spiro atoms. The number of Topliss-reactive ketones (excluding diaryl/α,β-unsaturated/α-hetero) is 1. The van der Waals surface area contributed by atoms with Crippen LogP contribution in [0.3, 0.4) is 0 Å². The number of piperidine rings is 1. The molecule has 1 aromatic carbocycles. The van der Waals surface area contributed by atoms with Crippen molar-refractivity contribution < 1.29 is 24.2 Å². The van der Waals surface area contributed by atoms with E-state index in [1.54, 1.807) is 50.5 Å². The predicted molar refractivity (Wildman–Crippen MR) is 115 cm³/mol. The number of allylic oxidation sites excluding steroid dienone is 1. The third kappa shape index (κ3) is 4.32. The third-order valence-corrected chi connectivity index (χ3v) is 5.73. The van der Waals surface area contributed by atoms with Crippen LogP contribution in [-0.4, -0.2) is 46.4 Å². The van der Waals surface area contributed by atoms with E-state index < -0.39 is 0 Å². The number of benzene rings is 1. The first-order chi connectivity index (χ1) is 15.0. The number of ether oxygens (including phenoxy) is 2. The fourth-order valence-electron chi connectivity index (χ4n) is 4.22. The maximum Gasteiger partial charge on any atom is 0.310 e. The number of hydrogen-bond acceptors (Lipinski definition) is 7. The van der Waals surface area contributed by atoms with Gasteiger partial charge in [0.2, 0.25) is 5.78 Å². The Morgan fingerprint density at radius 2 is 2.16 bits per heavy atom. The van der Waals surface area contributed by atoms with Crippen LogP contribution in [0.25, 0.3) is 6.08 Å². The molecule has 0 saturated carbocycles. The number of rotatable bonds is 5. The molecule has 0 amide bonds. The van der Waals surface area contributed by atoms with Crippen molar-refractivity contribution in [2.45, 2.75) is 33.2 Å². The lowest BCUT2D eigenvalue weighted by Gasteiger charge is -2.31. The second kappa shape index (κ2) is 8.89. The molecule has 1 N–H and O–H groups in total. The Morgan fingerprint density at radius 1 is 1.39 bits per heavy atom. The minimum atomic E-state index is -0.200. The number of aryl methyl sites for hydroxylation is 1. The average molecular weight is 422 g/mol. The minimum absolute atomic E-state index is 0.0902. The van der Waals surface area contributed by atoms with E-state index in [1.807, 2.05) is 0 Å². The molecular formula is C24H26N2O5. The summed E-state index contributed by atoms with van der Waals surface area (Å²) in [6.07, 6.45) is 6.64. The van der Waals surface area contributed by atoms with E-state index in [-0.39, 0.29) is 29.2 Å². The lowest BCUT2D eigenvalue weighted by molar-refractivity contribution is -0.150. The number of aromatic hydroxyl groups is 1. The molecule has 1 aromatic heterocycles. The average Bonchev–Trinajstić information content (AvgIpc) is 3.08. The van der Waals surface area contributed by atoms with Crippen molar-refractivity contribution >= 4 is 17.8 Å². The molecule has 162 valence electrons. The molecule has 0 bridgehead atoms. The Labute approximate surface area is 181 Å². The smallest absolute Gasteiger partial charge is 0.310 e. The predicted octanol–water partition coefficient (Wildman–Crippen LogP) is 3.49. The molecule has 0 aliphatic carbocycles. The lowest BCUT2D eigenvalue weighted by Crippen LogP contribution is -2.39. The summed E-state index contributed by atoms with van der Waals surface area (Å²) in [6, 6.07) is 5.19. The number of carbonyl (C=O) groups excluding carboxylic acids is 2. The SMILES string of the molecule is CCOC(=O)C1CCCN(Cc2c(O)cc(C)c3c2O/C(=C\c2ccncc2)C3=O)C1. The normalized spacial score (nSPS) is 19.9. The summed E-state index contributed by atoms with van der Waals surface area (Å²) in [5.74, 6) is 0.153. The summed E-state index contributed by atoms with van der Waals surface area (Å²) in [5.41, 5.74) is 2.52. The van der Waals surface area contributed by atoms with Gasteiger partial charge < -0.3 is 14.6 Å². The van der Waals surface area contributed by atoms with Gasteiger partial charge in [-0.2, -0.15) is 0 Å². The number of phenolic OH excluding ortho intramolecular Hbond substituents is 1. The fraction of sp³-hybridized carbons (Fsp3) is 0.375. The number of fused-ring (bicyclic) bond motifs is 1. The van der Waals surface area contributed by atoms with Crippen molar-refractivity contribution in [3.63, 3.8) is 0 Å². The van der Waals surface area contributed by atoms with Crippen molar-refractivity contribution in [2.24, 2.45) is 5.92 Å². The zero-order chi connectivity index (χ0) is 22.0. The van der Waals surface area contributed by atoms with E-state index in [4.69, 9.17) is 9.47 Å². The number of ketones is 1. The maximum atomic E-state index is 13.0. The standard InChI is InChI=1S/C24H26N2O5/c1-3-30-24(29)17-5-4-10-26(13-17)14-18-19(27)11-15(2)21-22(28)20(31-23(18)21)12-16-6-8-25-9-7-16/h6-9,11-12,17,27H,3-5,10,13-14H2,1-2H3/b20-12-. The van der Waals surface area contributed by atoms with Crippen LogP contribution in [0, 0.1) is 12.8 Å². The van der Waals surface area contributed by atoms with E-state index in [2.05, 4.69) is 9.88 Å². The molecule has 1 fully saturated rings. The second-order valence-corrected chi connectivity index (χ2v) is 7.94. The number of pyridine rings is 1. The maximum absolute atomic E-state index is 13.0. The highest BCUT2D eigenvalue weighted by molar-refractivity contribution is 6.15. The molecule has 4 rings (SSSR count). The molecular weight excluding hydrogens is 396 g/mol. The highest BCUT2D eigenvalue weighted by Crippen LogP contribution is 2.42. The van der Waals surface area contributed by atoms with Gasteiger partial charge in [-0.15, -0.1) is 0 Å². The number of carbonyl (C=O) groups is 2. The zero-order valence-electron chi connectivity index (χ0n) is 17.8. The van der Waals surface area contributed by atoms with Crippen LogP contribution in [0.2, 0.25) is 0 Å². The molecule has 1 atom stereocenters. The molecule has 1 saturated heterocycles. The van der Waals surface area contributed by atoms with Gasteiger partial charge in [0.1, 0.15) is 11.5 Å². The molecule has 7 nitrogen and oxygen atoms in total. The molecule has 2 aliphatic heterocycles. The number of phenols is 1. The van der Waals surface area contributed by atoms with E-state index in [0.29, 0.717) is 42.1 Å². The molecule has 2 aliphatic rings. The van der Waals surface area contributed by atoms with Gasteiger partial charge in [-0.1, -0.05) is 0 Å². The monoisotopic (exact) mass is 422 g/mol. The Bertz CT molecular complexity index is 1030. The summed E-state index contributed by atoms with van der Waals surface area (Å²) in [5, 5.41) is 10.7. The van der Waals surface area contributed by atoms with Crippen LogP contribution < -0.4 is 4.74 Å². The summed E-state index contributed by atoms with van der Waals surface area (Å²) < 4.78 is 11.2. The van der Waals surface area contributed by atoms with Gasteiger partial charge in [0, 0.05) is 25.5 Å². The number of nitrogens with zero attached hydrogens (tertiary/aromatic N) is 2. The number of aromatic nitrogens is 1. The molecule has 0 radical (unpaired) electrons. The molecule has 31 heavy (non-hydrogen) atoms. The van der Waals surface area contributed by atoms with Gasteiger partial charge in [-0.05, 0) is 68.6 Å². The topological polar surface area (TPSA) is 89.0 Å². The molecule has 1 unspecified atom stereocenters. The highest BCUT2D eigenvalue weighted by Gasteiger charge is 2.35. The Kier molecular flexibility index (Phi) is 6.04. The number of hydrogen-bond donors (Lipinski definition) is 1. The molecule has 7 heteroatoms. The summed E-state index contributed by atoms with van der Waals surface area (Å²) >= 11 is 0. The van der Waals surface area contributed by atoms with Crippen LogP contribution >= 0.6 is 0 Å². The first-order valence-electron chi connectivity index (χ1n) is 10.6. The third-order valence-electron chi connectivity index (χ3n) is 5.73. The van der Waals surface area contributed by atoms with Crippen LogP contribution in [0.4, 0.5) is 0 Å². The van der Waals surface area contributed by atoms with Crippen molar-refractivity contribution in [3.05, 3.63) is 58.6 Å². The first-order valence-corrected chi connectivity index (χ1v) is 10.6. The van der Waals surface area contributed by atoms with Gasteiger partial charge in [0.05, 0.1) is 23.7 Å². The van der Waals surface area contributed by atoms with Gasteiger partial charge >= 0.3 is 5.97 Å². The minimum Gasteiger partial charge on any atom is -0.507 e. The fourth-order valence-corrected chi connectivity index (χ4v) is 4.22. The summed E-state index contributed by atoms with van der Waals surface area (Å²) in [4.78, 5) is 31.3. The van der Waals surface area contributed by atoms with Crippen molar-refractivity contribution in [1.82, 2.24) is 9.88 Å². The second-order valence-electron chi connectivity index (χ2n) is 7.94. The van der Waals surface area contributed by atoms with E-state index in [1.165, 1.54) is 0 Å². The number of likely N-dealkylation sites (tertiary alicyclic amines) is 1. The zero-order valence-corrected chi connectivity index (χ0v) is 17.8. The van der Waals surface area contributed by atoms with E-state index in [0.717, 1.165) is 24.9 Å². The van der Waals surface area contributed by atoms with Gasteiger partial charge in [0.15, 0.2) is 5.76 Å². The van der Waals surface area contributed by atoms with E-state index in [9.17, 15) is 14.7 Å².